The van der Waals surface area contributed by atoms with Gasteiger partial charge in [-0.15, -0.1) is 0 Å². The Morgan fingerprint density at radius 2 is 1.96 bits per heavy atom. The highest BCUT2D eigenvalue weighted by molar-refractivity contribution is 5.95. The molecule has 4 nitrogen and oxygen atoms in total. The van der Waals surface area contributed by atoms with Gasteiger partial charge in [0, 0.05) is 37.1 Å². The number of nitrogens with one attached hydrogen (secondary N) is 1. The Morgan fingerprint density at radius 1 is 1.17 bits per heavy atom. The van der Waals surface area contributed by atoms with E-state index in [0.717, 1.165) is 42.6 Å². The highest BCUT2D eigenvalue weighted by atomic mass is 16.2. The van der Waals surface area contributed by atoms with E-state index in [2.05, 4.69) is 34.2 Å². The van der Waals surface area contributed by atoms with Crippen molar-refractivity contribution in [2.24, 2.45) is 0 Å². The molecule has 1 amide bonds. The highest BCUT2D eigenvalue weighted by Gasteiger charge is 2.26. The smallest absolute Gasteiger partial charge is 0.255 e. The average Bonchev–Trinajstić information content (AvgIpc) is 3.07. The number of para-hydroxylation sites is 1. The number of aromatic amines is 1. The molecule has 3 heterocycles. The van der Waals surface area contributed by atoms with Crippen molar-refractivity contribution >= 4 is 16.8 Å². The summed E-state index contributed by atoms with van der Waals surface area (Å²) in [5, 5.41) is 1.24. The minimum atomic E-state index is 0.145. The molecule has 0 spiro atoms. The number of carbonyl (C=O) groups excluding carboxylic acids is 1. The second-order valence-corrected chi connectivity index (χ2v) is 6.54. The van der Waals surface area contributed by atoms with E-state index < -0.39 is 0 Å². The average molecular weight is 319 g/mol. The number of piperidine rings is 1. The van der Waals surface area contributed by atoms with Crippen molar-refractivity contribution in [3.8, 4) is 0 Å². The van der Waals surface area contributed by atoms with Gasteiger partial charge in [0.2, 0.25) is 0 Å². The van der Waals surface area contributed by atoms with E-state index in [0.29, 0.717) is 5.92 Å². The first-order chi connectivity index (χ1) is 11.7. The van der Waals surface area contributed by atoms with Gasteiger partial charge < -0.3 is 9.88 Å². The molecule has 1 saturated heterocycles. The van der Waals surface area contributed by atoms with Gasteiger partial charge in [0.05, 0.1) is 11.1 Å². The van der Waals surface area contributed by atoms with Gasteiger partial charge in [-0.2, -0.15) is 0 Å². The fourth-order valence-corrected chi connectivity index (χ4v) is 3.71. The molecule has 0 saturated carbocycles. The van der Waals surface area contributed by atoms with E-state index >= 15 is 0 Å². The van der Waals surface area contributed by atoms with Gasteiger partial charge in [-0.1, -0.05) is 18.2 Å². The summed E-state index contributed by atoms with van der Waals surface area (Å²) in [7, 11) is 0. The third-order valence-electron chi connectivity index (χ3n) is 5.09. The third kappa shape index (κ3) is 2.58. The van der Waals surface area contributed by atoms with Crippen molar-refractivity contribution in [3.63, 3.8) is 0 Å². The van der Waals surface area contributed by atoms with Crippen LogP contribution in [-0.4, -0.2) is 33.9 Å². The van der Waals surface area contributed by atoms with Gasteiger partial charge in [-0.05, 0) is 48.9 Å². The predicted molar refractivity (Wildman–Crippen MR) is 95.2 cm³/mol. The van der Waals surface area contributed by atoms with Crippen LogP contribution in [0.15, 0.2) is 48.9 Å². The lowest BCUT2D eigenvalue weighted by Crippen LogP contribution is -2.38. The maximum absolute atomic E-state index is 12.6. The number of likely N-dealkylation sites (tertiary alicyclic amines) is 1. The van der Waals surface area contributed by atoms with E-state index in [9.17, 15) is 4.79 Å². The van der Waals surface area contributed by atoms with Crippen molar-refractivity contribution in [1.82, 2.24) is 14.9 Å². The summed E-state index contributed by atoms with van der Waals surface area (Å²) < 4.78 is 0. The minimum absolute atomic E-state index is 0.145. The van der Waals surface area contributed by atoms with Crippen LogP contribution in [0.1, 0.15) is 40.2 Å². The van der Waals surface area contributed by atoms with E-state index in [1.807, 2.05) is 30.3 Å². The Labute approximate surface area is 141 Å². The summed E-state index contributed by atoms with van der Waals surface area (Å²) in [6, 6.07) is 10.5. The Kier molecular flexibility index (Phi) is 3.81. The maximum Gasteiger partial charge on any atom is 0.255 e. The predicted octanol–water partition coefficient (Wildman–Crippen LogP) is 3.89. The van der Waals surface area contributed by atoms with Crippen molar-refractivity contribution in [2.75, 3.05) is 13.1 Å². The first kappa shape index (κ1) is 14.9. The van der Waals surface area contributed by atoms with Crippen molar-refractivity contribution in [3.05, 3.63) is 65.6 Å². The lowest BCUT2D eigenvalue weighted by Gasteiger charge is -2.32. The lowest BCUT2D eigenvalue weighted by atomic mass is 9.87. The molecular weight excluding hydrogens is 298 g/mol. The standard InChI is InChI=1S/C20H21N3O/c1-14-12-21-13-18(14)20(24)23-10-7-15(8-11-23)16-6-9-22-19-5-3-2-4-17(16)19/h2-6,9,12-13,15,21H,7-8,10-11H2,1H3. The number of amides is 1. The molecule has 1 aliphatic heterocycles. The number of fused-ring (bicyclic) bond motifs is 1. The van der Waals surface area contributed by atoms with Gasteiger partial charge in [0.1, 0.15) is 0 Å². The number of benzene rings is 1. The molecule has 0 bridgehead atoms. The van der Waals surface area contributed by atoms with Gasteiger partial charge >= 0.3 is 0 Å². The summed E-state index contributed by atoms with van der Waals surface area (Å²) in [6.07, 6.45) is 7.59. The largest absolute Gasteiger partial charge is 0.367 e. The summed E-state index contributed by atoms with van der Waals surface area (Å²) in [5.74, 6) is 0.640. The van der Waals surface area contributed by atoms with Gasteiger partial charge in [-0.25, -0.2) is 0 Å². The van der Waals surface area contributed by atoms with Crippen LogP contribution in [0.4, 0.5) is 0 Å². The molecule has 0 radical (unpaired) electrons. The molecule has 122 valence electrons. The topological polar surface area (TPSA) is 49.0 Å². The van der Waals surface area contributed by atoms with Crippen LogP contribution in [0.5, 0.6) is 0 Å². The van der Waals surface area contributed by atoms with Gasteiger partial charge in [-0.3, -0.25) is 9.78 Å². The molecule has 4 heteroatoms. The molecule has 24 heavy (non-hydrogen) atoms. The molecule has 1 fully saturated rings. The SMILES string of the molecule is Cc1c[nH]cc1C(=O)N1CCC(c2ccnc3ccccc23)CC1. The molecule has 2 aromatic heterocycles. The number of rotatable bonds is 2. The number of H-pyrrole nitrogens is 1. The number of nitrogens with zero attached hydrogens (tertiary/aromatic N) is 2. The molecule has 4 rings (SSSR count). The van der Waals surface area contributed by atoms with Crippen molar-refractivity contribution in [2.45, 2.75) is 25.7 Å². The Bertz CT molecular complexity index is 870. The normalized spacial score (nSPS) is 15.8. The lowest BCUT2D eigenvalue weighted by molar-refractivity contribution is 0.0713. The molecule has 0 aliphatic carbocycles. The number of carbonyl (C=O) groups is 1. The number of pyridine rings is 1. The van der Waals surface area contributed by atoms with Crippen LogP contribution in [-0.2, 0) is 0 Å². The van der Waals surface area contributed by atoms with Crippen LogP contribution in [0.3, 0.4) is 0 Å². The number of aromatic nitrogens is 2. The van der Waals surface area contributed by atoms with Crippen molar-refractivity contribution in [1.29, 1.82) is 0 Å². The van der Waals surface area contributed by atoms with Crippen LogP contribution in [0.2, 0.25) is 0 Å². The zero-order valence-electron chi connectivity index (χ0n) is 13.8. The minimum Gasteiger partial charge on any atom is -0.367 e. The van der Waals surface area contributed by atoms with Crippen LogP contribution in [0, 0.1) is 6.92 Å². The fraction of sp³-hybridized carbons (Fsp3) is 0.300. The Morgan fingerprint density at radius 3 is 2.71 bits per heavy atom. The molecular formula is C20H21N3O. The number of hydrogen-bond acceptors (Lipinski definition) is 2. The summed E-state index contributed by atoms with van der Waals surface area (Å²) in [5.41, 5.74) is 4.23. The molecule has 1 N–H and O–H groups in total. The van der Waals surface area contributed by atoms with E-state index in [-0.39, 0.29) is 5.91 Å². The van der Waals surface area contributed by atoms with Gasteiger partial charge in [0.25, 0.3) is 5.91 Å². The molecule has 0 unspecified atom stereocenters. The number of hydrogen-bond donors (Lipinski definition) is 1. The second-order valence-electron chi connectivity index (χ2n) is 6.54. The summed E-state index contributed by atoms with van der Waals surface area (Å²) in [4.78, 5) is 22.1. The zero-order chi connectivity index (χ0) is 16.5. The Hall–Kier alpha value is -2.62. The summed E-state index contributed by atoms with van der Waals surface area (Å²) >= 11 is 0. The van der Waals surface area contributed by atoms with Crippen LogP contribution >= 0.6 is 0 Å². The van der Waals surface area contributed by atoms with Crippen LogP contribution in [0.25, 0.3) is 10.9 Å². The first-order valence-electron chi connectivity index (χ1n) is 8.50. The first-order valence-corrected chi connectivity index (χ1v) is 8.50. The molecule has 1 aromatic carbocycles. The van der Waals surface area contributed by atoms with Crippen molar-refractivity contribution < 1.29 is 4.79 Å². The van der Waals surface area contributed by atoms with Gasteiger partial charge in [0.15, 0.2) is 0 Å². The molecule has 3 aromatic rings. The fourth-order valence-electron chi connectivity index (χ4n) is 3.71. The highest BCUT2D eigenvalue weighted by Crippen LogP contribution is 2.32. The Balaban J connectivity index is 1.52. The van der Waals surface area contributed by atoms with Crippen LogP contribution < -0.4 is 0 Å². The van der Waals surface area contributed by atoms with E-state index in [1.165, 1.54) is 10.9 Å². The quantitative estimate of drug-likeness (QED) is 0.779. The van der Waals surface area contributed by atoms with E-state index in [1.54, 1.807) is 6.20 Å². The summed E-state index contributed by atoms with van der Waals surface area (Å²) in [6.45, 7) is 3.59. The van der Waals surface area contributed by atoms with E-state index in [4.69, 9.17) is 0 Å². The molecule has 1 aliphatic rings. The molecule has 0 atom stereocenters. The monoisotopic (exact) mass is 319 g/mol. The zero-order valence-corrected chi connectivity index (χ0v) is 13.8. The second kappa shape index (κ2) is 6.11. The maximum atomic E-state index is 12.6. The third-order valence-corrected chi connectivity index (χ3v) is 5.09. The number of aryl methyl sites for hydroxylation is 1.